The smallest absolute Gasteiger partial charge is 0.338 e. The van der Waals surface area contributed by atoms with Crippen molar-refractivity contribution in [3.05, 3.63) is 140 Å². The number of carbonyl (C=O) groups excluding carboxylic acids is 1. The van der Waals surface area contributed by atoms with Crippen LogP contribution in [0.1, 0.15) is 37.4 Å². The molecule has 0 N–H and O–H groups in total. The van der Waals surface area contributed by atoms with Crippen LogP contribution in [0.2, 0.25) is 0 Å². The second-order valence-electron chi connectivity index (χ2n) is 10.8. The summed E-state index contributed by atoms with van der Waals surface area (Å²) in [6.45, 7) is 8.15. The second-order valence-corrected chi connectivity index (χ2v) is 11.8. The minimum absolute atomic E-state index is 0.0370. The maximum Gasteiger partial charge on any atom is 0.338 e. The van der Waals surface area contributed by atoms with E-state index in [0.29, 0.717) is 38.7 Å². The number of thiazole rings is 1. The summed E-state index contributed by atoms with van der Waals surface area (Å²) in [6, 6.07) is 24.1. The molecule has 6 rings (SSSR count). The van der Waals surface area contributed by atoms with Crippen LogP contribution in [0.25, 0.3) is 23.0 Å². The molecule has 3 heterocycles. The third kappa shape index (κ3) is 6.45. The first kappa shape index (κ1) is 31.5. The number of methoxy groups -OCH3 is 1. The van der Waals surface area contributed by atoms with Crippen molar-refractivity contribution in [2.24, 2.45) is 4.99 Å². The summed E-state index contributed by atoms with van der Waals surface area (Å²) in [5, 5.41) is 4.93. The molecule has 0 fully saturated rings. The fraction of sp³-hybridized carbons (Fsp3) is 0.189. The van der Waals surface area contributed by atoms with Crippen LogP contribution in [0.5, 0.6) is 11.5 Å². The molecule has 2 aromatic heterocycles. The van der Waals surface area contributed by atoms with Crippen molar-refractivity contribution in [3.8, 4) is 28.4 Å². The molecule has 47 heavy (non-hydrogen) atoms. The molecule has 1 aliphatic heterocycles. The number of para-hydroxylation sites is 1. The molecule has 0 saturated heterocycles. The molecule has 0 saturated carbocycles. The summed E-state index contributed by atoms with van der Waals surface area (Å²) in [7, 11) is 1.59. The van der Waals surface area contributed by atoms with Gasteiger partial charge in [0.05, 0.1) is 41.2 Å². The van der Waals surface area contributed by atoms with Crippen molar-refractivity contribution in [3.63, 3.8) is 0 Å². The summed E-state index contributed by atoms with van der Waals surface area (Å²) < 4.78 is 20.4. The largest absolute Gasteiger partial charge is 0.497 e. The summed E-state index contributed by atoms with van der Waals surface area (Å²) in [4.78, 5) is 32.9. The van der Waals surface area contributed by atoms with Crippen LogP contribution in [-0.4, -0.2) is 40.6 Å². The van der Waals surface area contributed by atoms with Gasteiger partial charge in [0.2, 0.25) is 0 Å². The highest BCUT2D eigenvalue weighted by Crippen LogP contribution is 2.32. The quantitative estimate of drug-likeness (QED) is 0.137. The number of rotatable bonds is 11. The number of hydrogen-bond acceptors (Lipinski definition) is 8. The van der Waals surface area contributed by atoms with Crippen molar-refractivity contribution in [2.45, 2.75) is 26.3 Å². The van der Waals surface area contributed by atoms with Gasteiger partial charge in [0.25, 0.3) is 5.56 Å². The van der Waals surface area contributed by atoms with Crippen LogP contribution in [0, 0.1) is 0 Å². The van der Waals surface area contributed by atoms with Crippen LogP contribution in [0.15, 0.2) is 119 Å². The molecule has 0 radical (unpaired) electrons. The Labute approximate surface area is 276 Å². The highest BCUT2D eigenvalue weighted by molar-refractivity contribution is 7.07. The number of hydrogen-bond donors (Lipinski definition) is 0. The van der Waals surface area contributed by atoms with Crippen LogP contribution in [-0.2, 0) is 9.53 Å². The Morgan fingerprint density at radius 3 is 2.43 bits per heavy atom. The molecular weight excluding hydrogens is 612 g/mol. The Morgan fingerprint density at radius 2 is 1.74 bits per heavy atom. The van der Waals surface area contributed by atoms with Crippen molar-refractivity contribution >= 4 is 23.4 Å². The number of esters is 1. The fourth-order valence-electron chi connectivity index (χ4n) is 5.40. The van der Waals surface area contributed by atoms with Gasteiger partial charge in [-0.2, -0.15) is 5.10 Å². The molecule has 0 unspecified atom stereocenters. The third-order valence-corrected chi connectivity index (χ3v) is 8.64. The zero-order chi connectivity index (χ0) is 32.9. The van der Waals surface area contributed by atoms with Crippen molar-refractivity contribution in [2.75, 3.05) is 20.3 Å². The number of fused-ring (bicyclic) bond motifs is 1. The maximum atomic E-state index is 14.3. The highest BCUT2D eigenvalue weighted by atomic mass is 32.1. The van der Waals surface area contributed by atoms with Crippen molar-refractivity contribution < 1.29 is 19.0 Å². The Balaban J connectivity index is 1.51. The highest BCUT2D eigenvalue weighted by Gasteiger charge is 2.33. The molecule has 0 bridgehead atoms. The zero-order valence-electron chi connectivity index (χ0n) is 26.4. The molecule has 1 atom stereocenters. The van der Waals surface area contributed by atoms with Crippen LogP contribution in [0.4, 0.5) is 0 Å². The molecule has 5 aromatic rings. The number of aromatic nitrogens is 3. The van der Waals surface area contributed by atoms with Gasteiger partial charge in [0.1, 0.15) is 23.8 Å². The van der Waals surface area contributed by atoms with E-state index in [4.69, 9.17) is 24.3 Å². The lowest BCUT2D eigenvalue weighted by Gasteiger charge is -2.24. The van der Waals surface area contributed by atoms with Gasteiger partial charge in [-0.05, 0) is 73.5 Å². The van der Waals surface area contributed by atoms with Gasteiger partial charge in [0, 0.05) is 17.3 Å². The average molecular weight is 647 g/mol. The molecular formula is C37H34N4O5S. The minimum atomic E-state index is -0.751. The van der Waals surface area contributed by atoms with E-state index in [2.05, 4.69) is 13.5 Å². The van der Waals surface area contributed by atoms with Crippen LogP contribution in [0.3, 0.4) is 0 Å². The van der Waals surface area contributed by atoms with E-state index < -0.39 is 12.0 Å². The lowest BCUT2D eigenvalue weighted by molar-refractivity contribution is -0.138. The van der Waals surface area contributed by atoms with Gasteiger partial charge in [-0.15, -0.1) is 0 Å². The van der Waals surface area contributed by atoms with E-state index in [1.807, 2.05) is 79.0 Å². The number of carbonyl (C=O) groups is 1. The van der Waals surface area contributed by atoms with Crippen molar-refractivity contribution in [1.29, 1.82) is 0 Å². The number of ether oxygens (including phenoxy) is 3. The van der Waals surface area contributed by atoms with Gasteiger partial charge in [-0.3, -0.25) is 9.36 Å². The molecule has 10 heteroatoms. The Morgan fingerprint density at radius 1 is 1.02 bits per heavy atom. The lowest BCUT2D eigenvalue weighted by Crippen LogP contribution is -2.39. The predicted octanol–water partition coefficient (Wildman–Crippen LogP) is 5.61. The number of allylic oxidation sites excluding steroid dienone is 1. The van der Waals surface area contributed by atoms with Gasteiger partial charge in [0.15, 0.2) is 4.80 Å². The first-order valence-electron chi connectivity index (χ1n) is 15.2. The molecule has 9 nitrogen and oxygen atoms in total. The summed E-state index contributed by atoms with van der Waals surface area (Å²) in [6.07, 6.45) is 6.17. The Bertz CT molecular complexity index is 2130. The first-order valence-corrected chi connectivity index (χ1v) is 16.1. The maximum absolute atomic E-state index is 14.3. The Kier molecular flexibility index (Phi) is 9.30. The van der Waals surface area contributed by atoms with Gasteiger partial charge < -0.3 is 14.2 Å². The molecule has 0 amide bonds. The third-order valence-electron chi connectivity index (χ3n) is 7.66. The van der Waals surface area contributed by atoms with E-state index in [1.165, 1.54) is 17.4 Å². The van der Waals surface area contributed by atoms with Gasteiger partial charge in [-0.1, -0.05) is 61.2 Å². The fourth-order valence-corrected chi connectivity index (χ4v) is 6.43. The minimum Gasteiger partial charge on any atom is -0.497 e. The average Bonchev–Trinajstić information content (AvgIpc) is 3.66. The Hall–Kier alpha value is -5.48. The van der Waals surface area contributed by atoms with E-state index in [1.54, 1.807) is 35.4 Å². The van der Waals surface area contributed by atoms with E-state index in [-0.39, 0.29) is 12.2 Å². The topological polar surface area (TPSA) is 96.9 Å². The van der Waals surface area contributed by atoms with Crippen molar-refractivity contribution in [1.82, 2.24) is 14.3 Å². The first-order chi connectivity index (χ1) is 22.9. The molecule has 3 aromatic carbocycles. The van der Waals surface area contributed by atoms with Crippen LogP contribution >= 0.6 is 11.3 Å². The van der Waals surface area contributed by atoms with E-state index >= 15 is 0 Å². The summed E-state index contributed by atoms with van der Waals surface area (Å²) >= 11 is 1.26. The van der Waals surface area contributed by atoms with E-state index in [0.717, 1.165) is 34.5 Å². The standard InChI is InChI=1S/C37H34N4O5S/c1-5-20-45-30-18-12-25(13-19-30)33-27(23-40(39-33)28-10-8-7-9-11-28)22-31-35(42)41-34(26-14-16-29(44-4)17-15-26)32(36(43)46-21-6-2)24(3)38-37(41)47-31/h6-19,22-23,34H,2,5,20-21H2,1,3-4H3/b31-22+/t34-/m0/s1. The molecule has 0 spiro atoms. The monoisotopic (exact) mass is 646 g/mol. The zero-order valence-corrected chi connectivity index (χ0v) is 27.2. The number of nitrogens with zero attached hydrogens (tertiary/aromatic N) is 4. The van der Waals surface area contributed by atoms with Gasteiger partial charge >= 0.3 is 5.97 Å². The normalized spacial score (nSPS) is 14.4. The predicted molar refractivity (Wildman–Crippen MR) is 183 cm³/mol. The van der Waals surface area contributed by atoms with Gasteiger partial charge in [-0.25, -0.2) is 14.5 Å². The molecule has 238 valence electrons. The SMILES string of the molecule is C=CCOC(=O)C1=C(C)N=c2s/c(=C/c3cn(-c4ccccc4)nc3-c3ccc(OCCC)cc3)c(=O)n2[C@H]1c1ccc(OC)cc1. The van der Waals surface area contributed by atoms with Crippen LogP contribution < -0.4 is 24.4 Å². The summed E-state index contributed by atoms with van der Waals surface area (Å²) in [5.74, 6) is 0.883. The molecule has 0 aliphatic carbocycles. The summed E-state index contributed by atoms with van der Waals surface area (Å²) in [5.41, 5.74) is 4.44. The molecule has 1 aliphatic rings. The lowest BCUT2D eigenvalue weighted by atomic mass is 9.96. The van der Waals surface area contributed by atoms with E-state index in [9.17, 15) is 9.59 Å². The second kappa shape index (κ2) is 13.9. The number of benzene rings is 3.